The third-order valence-corrected chi connectivity index (χ3v) is 4.98. The monoisotopic (exact) mass is 323 g/mol. The van der Waals surface area contributed by atoms with Gasteiger partial charge in [0.05, 0.1) is 6.42 Å². The van der Waals surface area contributed by atoms with Crippen molar-refractivity contribution in [2.75, 3.05) is 13.2 Å². The molecule has 24 heavy (non-hydrogen) atoms. The van der Waals surface area contributed by atoms with Gasteiger partial charge in [-0.05, 0) is 42.4 Å². The highest BCUT2D eigenvalue weighted by atomic mass is 16.3. The number of aliphatic hydroxyl groups excluding tert-OH is 1. The summed E-state index contributed by atoms with van der Waals surface area (Å²) in [5.74, 6) is 0.528. The van der Waals surface area contributed by atoms with Crippen molar-refractivity contribution in [3.8, 4) is 11.1 Å². The molecule has 0 spiro atoms. The zero-order chi connectivity index (χ0) is 16.9. The molecule has 126 valence electrons. The van der Waals surface area contributed by atoms with E-state index in [0.29, 0.717) is 12.3 Å². The molecule has 1 aliphatic heterocycles. The molecule has 1 amide bonds. The maximum Gasteiger partial charge on any atom is 0.227 e. The van der Waals surface area contributed by atoms with E-state index in [-0.39, 0.29) is 18.6 Å². The number of benzene rings is 2. The largest absolute Gasteiger partial charge is 0.396 e. The molecular weight excluding hydrogens is 298 g/mol. The molecule has 2 atom stereocenters. The summed E-state index contributed by atoms with van der Waals surface area (Å²) < 4.78 is 0. The number of hydrogen-bond acceptors (Lipinski definition) is 2. The van der Waals surface area contributed by atoms with Crippen molar-refractivity contribution in [2.45, 2.75) is 32.2 Å². The van der Waals surface area contributed by atoms with E-state index in [1.54, 1.807) is 0 Å². The SMILES string of the molecule is C[C@@H]1C[C@H](CO)CCN1C(=O)Cc1ccc(-c2ccccc2)cc1. The molecule has 1 heterocycles. The smallest absolute Gasteiger partial charge is 0.227 e. The topological polar surface area (TPSA) is 40.5 Å². The second-order valence-electron chi connectivity index (χ2n) is 6.75. The molecule has 0 saturated carbocycles. The summed E-state index contributed by atoms with van der Waals surface area (Å²) in [5.41, 5.74) is 3.41. The molecule has 1 saturated heterocycles. The van der Waals surface area contributed by atoms with Gasteiger partial charge in [0.15, 0.2) is 0 Å². The minimum Gasteiger partial charge on any atom is -0.396 e. The molecule has 0 bridgehead atoms. The number of carbonyl (C=O) groups is 1. The minimum atomic E-state index is 0.186. The summed E-state index contributed by atoms with van der Waals surface area (Å²) in [7, 11) is 0. The number of aliphatic hydroxyl groups is 1. The van der Waals surface area contributed by atoms with E-state index in [1.807, 2.05) is 35.2 Å². The molecule has 0 aromatic heterocycles. The van der Waals surface area contributed by atoms with Gasteiger partial charge >= 0.3 is 0 Å². The first-order valence-corrected chi connectivity index (χ1v) is 8.72. The van der Waals surface area contributed by atoms with Crippen molar-refractivity contribution >= 4 is 5.91 Å². The first-order chi connectivity index (χ1) is 11.7. The van der Waals surface area contributed by atoms with Crippen LogP contribution in [-0.2, 0) is 11.2 Å². The van der Waals surface area contributed by atoms with Crippen molar-refractivity contribution in [1.29, 1.82) is 0 Å². The van der Waals surface area contributed by atoms with E-state index in [0.717, 1.165) is 24.9 Å². The number of piperidine rings is 1. The Morgan fingerprint density at radius 2 is 1.75 bits per heavy atom. The van der Waals surface area contributed by atoms with Crippen molar-refractivity contribution in [1.82, 2.24) is 4.90 Å². The number of amides is 1. The van der Waals surface area contributed by atoms with Gasteiger partial charge < -0.3 is 10.0 Å². The number of hydrogen-bond donors (Lipinski definition) is 1. The Morgan fingerprint density at radius 3 is 2.38 bits per heavy atom. The molecule has 2 aromatic rings. The standard InChI is InChI=1S/C21H25NO2/c1-16-13-18(15-23)11-12-22(16)21(24)14-17-7-9-20(10-8-17)19-5-3-2-4-6-19/h2-10,16,18,23H,11-15H2,1H3/t16-,18-/m1/s1. The Kier molecular flexibility index (Phi) is 5.31. The van der Waals surface area contributed by atoms with Crippen molar-refractivity contribution in [3.63, 3.8) is 0 Å². The Balaban J connectivity index is 1.63. The number of likely N-dealkylation sites (tertiary alicyclic amines) is 1. The second kappa shape index (κ2) is 7.63. The van der Waals surface area contributed by atoms with E-state index in [1.165, 1.54) is 11.1 Å². The van der Waals surface area contributed by atoms with Gasteiger partial charge in [0.25, 0.3) is 0 Å². The number of carbonyl (C=O) groups excluding carboxylic acids is 1. The first kappa shape index (κ1) is 16.7. The molecule has 1 N–H and O–H groups in total. The van der Waals surface area contributed by atoms with Gasteiger partial charge in [-0.2, -0.15) is 0 Å². The van der Waals surface area contributed by atoms with Crippen LogP contribution >= 0.6 is 0 Å². The normalized spacial score (nSPS) is 20.8. The summed E-state index contributed by atoms with van der Waals surface area (Å²) in [5, 5.41) is 9.29. The zero-order valence-corrected chi connectivity index (χ0v) is 14.2. The van der Waals surface area contributed by atoms with Crippen LogP contribution < -0.4 is 0 Å². The van der Waals surface area contributed by atoms with Crippen LogP contribution in [0, 0.1) is 5.92 Å². The summed E-state index contributed by atoms with van der Waals surface area (Å²) in [6, 6.07) is 18.7. The lowest BCUT2D eigenvalue weighted by Crippen LogP contribution is -2.45. The van der Waals surface area contributed by atoms with E-state index in [9.17, 15) is 9.90 Å². The molecule has 0 aliphatic carbocycles. The lowest BCUT2D eigenvalue weighted by Gasteiger charge is -2.37. The number of nitrogens with zero attached hydrogens (tertiary/aromatic N) is 1. The Labute approximate surface area is 143 Å². The van der Waals surface area contributed by atoms with Crippen molar-refractivity contribution in [2.24, 2.45) is 5.92 Å². The predicted molar refractivity (Wildman–Crippen MR) is 96.6 cm³/mol. The van der Waals surface area contributed by atoms with Crippen LogP contribution in [0.5, 0.6) is 0 Å². The van der Waals surface area contributed by atoms with Gasteiger partial charge in [-0.3, -0.25) is 4.79 Å². The second-order valence-corrected chi connectivity index (χ2v) is 6.75. The Bertz CT molecular complexity index is 666. The maximum atomic E-state index is 12.6. The van der Waals surface area contributed by atoms with Gasteiger partial charge in [-0.25, -0.2) is 0 Å². The highest BCUT2D eigenvalue weighted by Gasteiger charge is 2.28. The molecule has 0 unspecified atom stereocenters. The third-order valence-electron chi connectivity index (χ3n) is 4.98. The van der Waals surface area contributed by atoms with E-state index >= 15 is 0 Å². The minimum absolute atomic E-state index is 0.186. The highest BCUT2D eigenvalue weighted by Crippen LogP contribution is 2.24. The van der Waals surface area contributed by atoms with Crippen LogP contribution in [0.15, 0.2) is 54.6 Å². The first-order valence-electron chi connectivity index (χ1n) is 8.72. The van der Waals surface area contributed by atoms with E-state index < -0.39 is 0 Å². The molecule has 3 heteroatoms. The maximum absolute atomic E-state index is 12.6. The summed E-state index contributed by atoms with van der Waals surface area (Å²) in [6.07, 6.45) is 2.25. The number of rotatable bonds is 4. The quantitative estimate of drug-likeness (QED) is 0.935. The van der Waals surface area contributed by atoms with Crippen molar-refractivity contribution < 1.29 is 9.90 Å². The fourth-order valence-corrected chi connectivity index (χ4v) is 3.53. The molecule has 3 nitrogen and oxygen atoms in total. The van der Waals surface area contributed by atoms with Crippen LogP contribution in [0.25, 0.3) is 11.1 Å². The van der Waals surface area contributed by atoms with Crippen LogP contribution in [0.3, 0.4) is 0 Å². The fraction of sp³-hybridized carbons (Fsp3) is 0.381. The van der Waals surface area contributed by atoms with Crippen LogP contribution in [0.2, 0.25) is 0 Å². The van der Waals surface area contributed by atoms with Crippen molar-refractivity contribution in [3.05, 3.63) is 60.2 Å². The molecule has 0 radical (unpaired) electrons. The lowest BCUT2D eigenvalue weighted by molar-refractivity contribution is -0.134. The molecule has 1 fully saturated rings. The fourth-order valence-electron chi connectivity index (χ4n) is 3.53. The third kappa shape index (κ3) is 3.85. The van der Waals surface area contributed by atoms with E-state index in [2.05, 4.69) is 31.2 Å². The molecular formula is C21H25NO2. The highest BCUT2D eigenvalue weighted by molar-refractivity contribution is 5.79. The van der Waals surface area contributed by atoms with E-state index in [4.69, 9.17) is 0 Å². The molecule has 1 aliphatic rings. The van der Waals surface area contributed by atoms with Crippen LogP contribution in [0.1, 0.15) is 25.3 Å². The van der Waals surface area contributed by atoms with Gasteiger partial charge in [0, 0.05) is 19.2 Å². The lowest BCUT2D eigenvalue weighted by atomic mass is 9.92. The summed E-state index contributed by atoms with van der Waals surface area (Å²) in [4.78, 5) is 14.6. The molecule has 3 rings (SSSR count). The Hall–Kier alpha value is -2.13. The Morgan fingerprint density at radius 1 is 1.08 bits per heavy atom. The van der Waals surface area contributed by atoms with Gasteiger partial charge in [0.2, 0.25) is 5.91 Å². The average molecular weight is 323 g/mol. The zero-order valence-electron chi connectivity index (χ0n) is 14.2. The molecule has 2 aromatic carbocycles. The van der Waals surface area contributed by atoms with Gasteiger partial charge in [-0.1, -0.05) is 54.6 Å². The summed E-state index contributed by atoms with van der Waals surface area (Å²) >= 11 is 0. The predicted octanol–water partition coefficient (Wildman–Crippen LogP) is 3.52. The van der Waals surface area contributed by atoms with Crippen LogP contribution in [0.4, 0.5) is 0 Å². The summed E-state index contributed by atoms with van der Waals surface area (Å²) in [6.45, 7) is 3.07. The van der Waals surface area contributed by atoms with Gasteiger partial charge in [0.1, 0.15) is 0 Å². The van der Waals surface area contributed by atoms with Gasteiger partial charge in [-0.15, -0.1) is 0 Å². The van der Waals surface area contributed by atoms with Crippen LogP contribution in [-0.4, -0.2) is 35.1 Å². The average Bonchev–Trinajstić information content (AvgIpc) is 2.63.